The average Bonchev–Trinajstić information content (AvgIpc) is 3.16. The largest absolute Gasteiger partial charge is 0.387 e. The van der Waals surface area contributed by atoms with E-state index in [9.17, 15) is 9.59 Å². The van der Waals surface area contributed by atoms with Crippen molar-refractivity contribution in [2.75, 3.05) is 6.54 Å². The number of aliphatic imine (C=N–C) groups is 1. The number of carbonyl (C=O) groups is 2. The number of ketones is 1. The van der Waals surface area contributed by atoms with Crippen molar-refractivity contribution in [1.29, 1.82) is 0 Å². The first kappa shape index (κ1) is 34.7. The number of fused-ring (bicyclic) bond motifs is 1. The van der Waals surface area contributed by atoms with Gasteiger partial charge in [0.2, 0.25) is 5.91 Å². The molecule has 260 valence electrons. The molecule has 0 aromatic heterocycles. The van der Waals surface area contributed by atoms with Crippen LogP contribution in [0.3, 0.4) is 0 Å². The number of nitrogens with two attached hydrogens (primary N) is 1. The number of amides is 1. The molecule has 2 N–H and O–H groups in total. The molecule has 1 saturated heterocycles. The van der Waals surface area contributed by atoms with Gasteiger partial charge in [0, 0.05) is 31.8 Å². The molecule has 0 radical (unpaired) electrons. The van der Waals surface area contributed by atoms with Gasteiger partial charge in [-0.3, -0.25) is 14.6 Å². The summed E-state index contributed by atoms with van der Waals surface area (Å²) < 4.78 is 0. The molecule has 0 spiro atoms. The summed E-state index contributed by atoms with van der Waals surface area (Å²) in [4.78, 5) is 34.9. The van der Waals surface area contributed by atoms with E-state index in [-0.39, 0.29) is 5.92 Å². The summed E-state index contributed by atoms with van der Waals surface area (Å²) in [6, 6.07) is 8.98. The van der Waals surface area contributed by atoms with E-state index in [0.29, 0.717) is 35.9 Å². The molecule has 47 heavy (non-hydrogen) atoms. The Labute approximate surface area is 286 Å². The van der Waals surface area contributed by atoms with Crippen LogP contribution in [0.5, 0.6) is 0 Å². The van der Waals surface area contributed by atoms with Gasteiger partial charge >= 0.3 is 0 Å². The summed E-state index contributed by atoms with van der Waals surface area (Å²) in [5.74, 6) is 4.96. The Morgan fingerprint density at radius 2 is 1.51 bits per heavy atom. The van der Waals surface area contributed by atoms with Crippen molar-refractivity contribution in [3.8, 4) is 0 Å². The zero-order valence-corrected chi connectivity index (χ0v) is 29.7. The maximum atomic E-state index is 14.4. The predicted molar refractivity (Wildman–Crippen MR) is 193 cm³/mol. The Kier molecular flexibility index (Phi) is 12.2. The second-order valence-corrected chi connectivity index (χ2v) is 16.7. The van der Waals surface area contributed by atoms with Crippen molar-refractivity contribution >= 4 is 17.5 Å². The third-order valence-electron chi connectivity index (χ3n) is 13.4. The Balaban J connectivity index is 1.04. The van der Waals surface area contributed by atoms with Gasteiger partial charge in [0.25, 0.3) is 0 Å². The van der Waals surface area contributed by atoms with Gasteiger partial charge in [-0.2, -0.15) is 0 Å². The van der Waals surface area contributed by atoms with E-state index in [1.54, 1.807) is 0 Å². The molecule has 3 aliphatic carbocycles. The van der Waals surface area contributed by atoms with Crippen LogP contribution < -0.4 is 5.73 Å². The highest BCUT2D eigenvalue weighted by molar-refractivity contribution is 6.00. The first-order valence-electron chi connectivity index (χ1n) is 20.2. The molecule has 5 aliphatic rings. The minimum atomic E-state index is -0.575. The van der Waals surface area contributed by atoms with Crippen LogP contribution in [0, 0.1) is 35.5 Å². The second-order valence-electron chi connectivity index (χ2n) is 16.7. The number of likely N-dealkylation sites (tertiary alicyclic amines) is 1. The van der Waals surface area contributed by atoms with E-state index in [1.165, 1.54) is 107 Å². The lowest BCUT2D eigenvalue weighted by molar-refractivity contribution is -0.132. The van der Waals surface area contributed by atoms with E-state index in [2.05, 4.69) is 36.1 Å². The van der Waals surface area contributed by atoms with E-state index < -0.39 is 5.54 Å². The van der Waals surface area contributed by atoms with Gasteiger partial charge in [0.05, 0.1) is 5.84 Å². The summed E-state index contributed by atoms with van der Waals surface area (Å²) in [5.41, 5.74) is 8.58. The van der Waals surface area contributed by atoms with Gasteiger partial charge < -0.3 is 10.6 Å². The molecule has 1 aromatic carbocycles. The normalized spacial score (nSPS) is 30.8. The summed E-state index contributed by atoms with van der Waals surface area (Å²) in [6.07, 6.45) is 26.7. The number of rotatable bonds is 14. The zero-order chi connectivity index (χ0) is 32.6. The highest BCUT2D eigenvalue weighted by Crippen LogP contribution is 2.46. The van der Waals surface area contributed by atoms with Crippen LogP contribution in [0.2, 0.25) is 0 Å². The summed E-state index contributed by atoms with van der Waals surface area (Å²) in [6.45, 7) is 3.95. The topological polar surface area (TPSA) is 75.8 Å². The lowest BCUT2D eigenvalue weighted by Crippen LogP contribution is -2.49. The summed E-state index contributed by atoms with van der Waals surface area (Å²) in [5, 5.41) is 0. The molecule has 2 heterocycles. The number of carbonyl (C=O) groups excluding carboxylic acids is 2. The summed E-state index contributed by atoms with van der Waals surface area (Å²) >= 11 is 0. The minimum absolute atomic E-state index is 0.00622. The van der Waals surface area contributed by atoms with Crippen molar-refractivity contribution in [3.05, 3.63) is 35.4 Å². The molecule has 1 amide bonds. The number of hydrogen-bond acceptors (Lipinski definition) is 4. The van der Waals surface area contributed by atoms with Crippen LogP contribution in [0.15, 0.2) is 29.3 Å². The maximum Gasteiger partial charge on any atom is 0.223 e. The van der Waals surface area contributed by atoms with Gasteiger partial charge in [-0.05, 0) is 98.5 Å². The molecular weight excluding hydrogens is 578 g/mol. The van der Waals surface area contributed by atoms with E-state index in [1.807, 2.05) is 0 Å². The third kappa shape index (κ3) is 8.90. The molecular formula is C42H65N3O2. The fourth-order valence-electron chi connectivity index (χ4n) is 10.4. The van der Waals surface area contributed by atoms with Crippen molar-refractivity contribution in [1.82, 2.24) is 4.90 Å². The highest BCUT2D eigenvalue weighted by atomic mass is 16.2. The second kappa shape index (κ2) is 16.5. The van der Waals surface area contributed by atoms with Crippen molar-refractivity contribution in [3.63, 3.8) is 0 Å². The molecule has 1 aromatic rings. The van der Waals surface area contributed by atoms with Gasteiger partial charge in [-0.1, -0.05) is 108 Å². The number of aryl methyl sites for hydroxylation is 1. The van der Waals surface area contributed by atoms with Gasteiger partial charge in [0.15, 0.2) is 5.78 Å². The smallest absolute Gasteiger partial charge is 0.223 e. The number of nitrogens with zero attached hydrogens (tertiary/aromatic N) is 2. The van der Waals surface area contributed by atoms with Crippen LogP contribution >= 0.6 is 0 Å². The first-order chi connectivity index (χ1) is 22.9. The molecule has 5 atom stereocenters. The molecule has 3 unspecified atom stereocenters. The molecule has 5 nitrogen and oxygen atoms in total. The Morgan fingerprint density at radius 1 is 0.809 bits per heavy atom. The van der Waals surface area contributed by atoms with Crippen LogP contribution in [0.4, 0.5) is 0 Å². The minimum Gasteiger partial charge on any atom is -0.387 e. The fourth-order valence-corrected chi connectivity index (χ4v) is 10.4. The molecule has 0 bridgehead atoms. The Morgan fingerprint density at radius 3 is 2.19 bits per heavy atom. The van der Waals surface area contributed by atoms with E-state index in [4.69, 9.17) is 10.7 Å². The highest BCUT2D eigenvalue weighted by Gasteiger charge is 2.46. The van der Waals surface area contributed by atoms with Crippen molar-refractivity contribution in [2.24, 2.45) is 46.2 Å². The third-order valence-corrected chi connectivity index (χ3v) is 13.4. The van der Waals surface area contributed by atoms with Crippen molar-refractivity contribution < 1.29 is 9.59 Å². The number of hydrogen-bond donors (Lipinski definition) is 1. The molecule has 5 heteroatoms. The van der Waals surface area contributed by atoms with Gasteiger partial charge in [-0.15, -0.1) is 0 Å². The maximum absolute atomic E-state index is 14.4. The first-order valence-corrected chi connectivity index (χ1v) is 20.2. The monoisotopic (exact) mass is 644 g/mol. The lowest BCUT2D eigenvalue weighted by atomic mass is 9.65. The summed E-state index contributed by atoms with van der Waals surface area (Å²) in [7, 11) is 0. The molecule has 4 fully saturated rings. The fraction of sp³-hybridized carbons (Fsp3) is 0.786. The lowest BCUT2D eigenvalue weighted by Gasteiger charge is -2.40. The number of unbranched alkanes of at least 4 members (excludes halogenated alkanes) is 1. The Hall–Kier alpha value is -2.17. The van der Waals surface area contributed by atoms with Crippen molar-refractivity contribution in [2.45, 2.75) is 167 Å². The predicted octanol–water partition coefficient (Wildman–Crippen LogP) is 9.59. The molecule has 3 saturated carbocycles. The van der Waals surface area contributed by atoms with Crippen LogP contribution in [0.25, 0.3) is 0 Å². The average molecular weight is 644 g/mol. The van der Waals surface area contributed by atoms with Gasteiger partial charge in [-0.25, -0.2) is 0 Å². The SMILES string of the molecule is CCCC[C@H]1CN(Cc2ccc(CCCC3CC(N)=N[C@](CCC4CCCCC4)(CC4CCCCC4)C3=O)cc2)C(=O)CC2CCC21. The number of amidine groups is 1. The van der Waals surface area contributed by atoms with Crippen LogP contribution in [0.1, 0.15) is 159 Å². The van der Waals surface area contributed by atoms with E-state index >= 15 is 0 Å². The number of Topliss-reactive ketones (excluding diaryl/α,β-unsaturated/α-hetero) is 1. The van der Waals surface area contributed by atoms with E-state index in [0.717, 1.165) is 75.7 Å². The van der Waals surface area contributed by atoms with Gasteiger partial charge in [0.1, 0.15) is 5.54 Å². The quantitative estimate of drug-likeness (QED) is 0.219. The Bertz CT molecular complexity index is 1200. The molecule has 6 rings (SSSR count). The number of benzene rings is 1. The standard InChI is InChI=1S/C42H65N3O2/c1-2-3-16-37-30-45(40(46)27-35-22-23-38(35)37)29-34-20-18-32(19-21-34)15-10-17-36-26-39(43)44-42(41(36)47,28-33-13-8-5-9-14-33)25-24-31-11-6-4-7-12-31/h18-21,31,33,35-38H,2-17,22-30H2,1H3,(H2,43,44)/t35?,36?,37-,38?,42+/m0/s1. The zero-order valence-electron chi connectivity index (χ0n) is 29.7. The van der Waals surface area contributed by atoms with Crippen LogP contribution in [-0.4, -0.2) is 34.5 Å². The molecule has 2 aliphatic heterocycles. The van der Waals surface area contributed by atoms with Crippen LogP contribution in [-0.2, 0) is 22.6 Å².